The number of hydrogen-bond donors (Lipinski definition) is 1. The van der Waals surface area contributed by atoms with Crippen LogP contribution in [0.4, 0.5) is 4.79 Å². The lowest BCUT2D eigenvalue weighted by atomic mass is 9.98. The molecule has 2 heterocycles. The molecule has 3 rings (SSSR count). The van der Waals surface area contributed by atoms with Crippen LogP contribution in [0.5, 0.6) is 0 Å². The maximum atomic E-state index is 13.3. The van der Waals surface area contributed by atoms with Crippen LogP contribution < -0.4 is 5.32 Å². The average molecular weight is 464 g/mol. The lowest BCUT2D eigenvalue weighted by Crippen LogP contribution is -2.56. The van der Waals surface area contributed by atoms with E-state index in [0.717, 1.165) is 34.2 Å². The predicted octanol–water partition coefficient (Wildman–Crippen LogP) is 3.39. The molecule has 0 aliphatic carbocycles. The molecule has 2 amide bonds. The molecule has 2 aliphatic heterocycles. The Morgan fingerprint density at radius 3 is 2.66 bits per heavy atom. The highest BCUT2D eigenvalue weighted by Crippen LogP contribution is 2.30. The van der Waals surface area contributed by atoms with Crippen molar-refractivity contribution in [2.45, 2.75) is 44.4 Å². The number of allylic oxidation sites excluding steroid dienone is 1. The Kier molecular flexibility index (Phi) is 7.08. The van der Waals surface area contributed by atoms with E-state index in [9.17, 15) is 9.59 Å². The zero-order valence-corrected chi connectivity index (χ0v) is 18.4. The number of nitrogens with one attached hydrogen (secondary N) is 1. The molecule has 1 N–H and O–H groups in total. The quantitative estimate of drug-likeness (QED) is 0.700. The van der Waals surface area contributed by atoms with Crippen molar-refractivity contribution in [3.63, 3.8) is 0 Å². The number of nitrogens with zero attached hydrogens (tertiary/aromatic N) is 2. The van der Waals surface area contributed by atoms with E-state index in [-0.39, 0.29) is 11.9 Å². The van der Waals surface area contributed by atoms with E-state index in [2.05, 4.69) is 43.1 Å². The van der Waals surface area contributed by atoms with Crippen LogP contribution in [0.3, 0.4) is 0 Å². The van der Waals surface area contributed by atoms with Gasteiger partial charge in [-0.25, -0.2) is 4.79 Å². The largest absolute Gasteiger partial charge is 0.453 e. The molecule has 0 bridgehead atoms. The molecule has 1 unspecified atom stereocenters. The van der Waals surface area contributed by atoms with Crippen molar-refractivity contribution < 1.29 is 19.1 Å². The first kappa shape index (κ1) is 21.5. The van der Waals surface area contributed by atoms with Crippen molar-refractivity contribution >= 4 is 39.2 Å². The molecule has 7 nitrogen and oxygen atoms in total. The molecule has 1 aromatic rings. The normalized spacial score (nSPS) is 20.7. The molecular weight excluding hydrogens is 438 g/mol. The SMILES string of the molecule is COC(=O)NC(C(=O)N1CCC[C@H]1C1=NC=C(c2ccc(Br)cc2)C1)[C@@H](C)OC. The van der Waals surface area contributed by atoms with Gasteiger partial charge in [-0.05, 0) is 43.0 Å². The number of likely N-dealkylation sites (tertiary alicyclic amines) is 1. The van der Waals surface area contributed by atoms with Gasteiger partial charge in [-0.3, -0.25) is 9.79 Å². The third-order valence-electron chi connectivity index (χ3n) is 5.46. The second kappa shape index (κ2) is 9.54. The number of aliphatic imine (C=N–C) groups is 1. The highest BCUT2D eigenvalue weighted by Gasteiger charge is 2.39. The maximum Gasteiger partial charge on any atom is 0.407 e. The van der Waals surface area contributed by atoms with Crippen LogP contribution in [-0.2, 0) is 14.3 Å². The van der Waals surface area contributed by atoms with E-state index in [4.69, 9.17) is 4.74 Å². The first-order valence-electron chi connectivity index (χ1n) is 9.64. The fourth-order valence-electron chi connectivity index (χ4n) is 3.75. The third-order valence-corrected chi connectivity index (χ3v) is 5.99. The Balaban J connectivity index is 1.71. The van der Waals surface area contributed by atoms with Crippen LogP contribution in [0, 0.1) is 0 Å². The van der Waals surface area contributed by atoms with E-state index >= 15 is 0 Å². The Hall–Kier alpha value is -2.19. The van der Waals surface area contributed by atoms with Gasteiger partial charge in [0.2, 0.25) is 5.91 Å². The van der Waals surface area contributed by atoms with Crippen LogP contribution in [-0.4, -0.2) is 61.6 Å². The van der Waals surface area contributed by atoms with Gasteiger partial charge in [-0.15, -0.1) is 0 Å². The summed E-state index contributed by atoms with van der Waals surface area (Å²) in [5.41, 5.74) is 3.25. The highest BCUT2D eigenvalue weighted by atomic mass is 79.9. The summed E-state index contributed by atoms with van der Waals surface area (Å²) in [7, 11) is 2.79. The highest BCUT2D eigenvalue weighted by molar-refractivity contribution is 9.10. The minimum absolute atomic E-state index is 0.0716. The minimum Gasteiger partial charge on any atom is -0.453 e. The number of alkyl carbamates (subject to hydrolysis) is 1. The van der Waals surface area contributed by atoms with Gasteiger partial charge in [-0.2, -0.15) is 0 Å². The fourth-order valence-corrected chi connectivity index (χ4v) is 4.01. The molecule has 1 fully saturated rings. The number of ether oxygens (including phenoxy) is 2. The van der Waals surface area contributed by atoms with Crippen LogP contribution in [0.1, 0.15) is 31.7 Å². The minimum atomic E-state index is -0.811. The lowest BCUT2D eigenvalue weighted by molar-refractivity contribution is -0.136. The second-order valence-electron chi connectivity index (χ2n) is 7.20. The molecule has 0 aromatic heterocycles. The molecule has 0 spiro atoms. The predicted molar refractivity (Wildman–Crippen MR) is 115 cm³/mol. The molecule has 1 saturated heterocycles. The zero-order valence-electron chi connectivity index (χ0n) is 16.9. The van der Waals surface area contributed by atoms with Crippen LogP contribution >= 0.6 is 15.9 Å². The number of carbonyl (C=O) groups excluding carboxylic acids is 2. The van der Waals surface area contributed by atoms with Gasteiger partial charge in [0.1, 0.15) is 6.04 Å². The smallest absolute Gasteiger partial charge is 0.407 e. The Labute approximate surface area is 179 Å². The summed E-state index contributed by atoms with van der Waals surface area (Å²) >= 11 is 3.46. The van der Waals surface area contributed by atoms with Gasteiger partial charge in [0, 0.05) is 36.5 Å². The second-order valence-corrected chi connectivity index (χ2v) is 8.12. The van der Waals surface area contributed by atoms with Crippen molar-refractivity contribution in [1.29, 1.82) is 0 Å². The number of carbonyl (C=O) groups is 2. The van der Waals surface area contributed by atoms with Gasteiger partial charge in [-0.1, -0.05) is 28.1 Å². The van der Waals surface area contributed by atoms with Gasteiger partial charge >= 0.3 is 6.09 Å². The first-order valence-corrected chi connectivity index (χ1v) is 10.4. The first-order chi connectivity index (χ1) is 13.9. The Morgan fingerprint density at radius 1 is 1.28 bits per heavy atom. The van der Waals surface area contributed by atoms with Crippen LogP contribution in [0.15, 0.2) is 39.9 Å². The molecule has 8 heteroatoms. The van der Waals surface area contributed by atoms with E-state index in [1.807, 2.05) is 23.2 Å². The third kappa shape index (κ3) is 4.87. The van der Waals surface area contributed by atoms with Gasteiger partial charge in [0.05, 0.1) is 19.3 Å². The van der Waals surface area contributed by atoms with Crippen LogP contribution in [0.2, 0.25) is 0 Å². The molecule has 0 radical (unpaired) electrons. The molecule has 0 saturated carbocycles. The molecule has 2 aliphatic rings. The summed E-state index contributed by atoms with van der Waals surface area (Å²) in [6.07, 6.45) is 3.23. The lowest BCUT2D eigenvalue weighted by Gasteiger charge is -2.31. The van der Waals surface area contributed by atoms with Crippen molar-refractivity contribution in [2.24, 2.45) is 4.99 Å². The van der Waals surface area contributed by atoms with Crippen molar-refractivity contribution in [2.75, 3.05) is 20.8 Å². The topological polar surface area (TPSA) is 80.2 Å². The molecule has 3 atom stereocenters. The van der Waals surface area contributed by atoms with Gasteiger partial charge in [0.25, 0.3) is 0 Å². The number of rotatable bonds is 6. The van der Waals surface area contributed by atoms with E-state index < -0.39 is 18.2 Å². The van der Waals surface area contributed by atoms with Crippen molar-refractivity contribution in [3.05, 3.63) is 40.5 Å². The molecular formula is C21H26BrN3O4. The molecule has 1 aromatic carbocycles. The molecule has 156 valence electrons. The summed E-state index contributed by atoms with van der Waals surface area (Å²) in [5.74, 6) is -0.174. The number of hydrogen-bond acceptors (Lipinski definition) is 5. The summed E-state index contributed by atoms with van der Waals surface area (Å²) in [4.78, 5) is 31.4. The maximum absolute atomic E-state index is 13.3. The Morgan fingerprint density at radius 2 is 2.00 bits per heavy atom. The van der Waals surface area contributed by atoms with Crippen molar-refractivity contribution in [1.82, 2.24) is 10.2 Å². The van der Waals surface area contributed by atoms with Gasteiger partial charge < -0.3 is 19.7 Å². The van der Waals surface area contributed by atoms with E-state index in [1.165, 1.54) is 14.2 Å². The summed E-state index contributed by atoms with van der Waals surface area (Å²) < 4.78 is 11.0. The monoisotopic (exact) mass is 463 g/mol. The summed E-state index contributed by atoms with van der Waals surface area (Å²) in [5, 5.41) is 2.61. The zero-order chi connectivity index (χ0) is 21.0. The van der Waals surface area contributed by atoms with E-state index in [1.54, 1.807) is 6.92 Å². The number of benzene rings is 1. The summed E-state index contributed by atoms with van der Waals surface area (Å²) in [6, 6.07) is 7.25. The summed E-state index contributed by atoms with van der Waals surface area (Å²) in [6.45, 7) is 2.38. The number of methoxy groups -OCH3 is 2. The Bertz CT molecular complexity index is 822. The average Bonchev–Trinajstić information content (AvgIpc) is 3.40. The standard InChI is InChI=1S/C21H26BrN3O4/c1-13(28-2)19(24-21(27)29-3)20(26)25-10-4-5-18(25)17-11-15(12-23-17)14-6-8-16(22)9-7-14/h6-9,12-13,18-19H,4-5,10-11H2,1-3H3,(H,24,27)/t13-,18+,19?/m1/s1. The molecule has 29 heavy (non-hydrogen) atoms. The van der Waals surface area contributed by atoms with Crippen LogP contribution in [0.25, 0.3) is 5.57 Å². The number of amides is 2. The fraction of sp³-hybridized carbons (Fsp3) is 0.476. The number of halogens is 1. The van der Waals surface area contributed by atoms with Gasteiger partial charge in [0.15, 0.2) is 0 Å². The van der Waals surface area contributed by atoms with E-state index in [0.29, 0.717) is 13.0 Å². The van der Waals surface area contributed by atoms with Crippen molar-refractivity contribution in [3.8, 4) is 0 Å².